The number of hydrogen-bond donors (Lipinski definition) is 1. The third kappa shape index (κ3) is 4.46. The first-order valence-electron chi connectivity index (χ1n) is 9.01. The molecule has 39 heavy (non-hydrogen) atoms. The molecule has 23 heteroatoms. The van der Waals surface area contributed by atoms with Crippen molar-refractivity contribution in [3.8, 4) is 0 Å². The van der Waals surface area contributed by atoms with E-state index in [0.717, 1.165) is 12.1 Å². The molecule has 0 aliphatic carbocycles. The number of nitrogens with one attached hydrogen (secondary N) is 1. The molecule has 1 N–H and O–H groups in total. The van der Waals surface area contributed by atoms with Crippen LogP contribution in [0.4, 0.5) is 81.1 Å². The number of aromatic nitrogens is 1. The highest BCUT2D eigenvalue weighted by Crippen LogP contribution is 2.62. The molecule has 0 fully saturated rings. The fourth-order valence-electron chi connectivity index (χ4n) is 2.53. The largest absolute Gasteiger partial charge is 0.393 e. The monoisotopic (exact) mass is 623 g/mol. The van der Waals surface area contributed by atoms with Crippen LogP contribution in [-0.4, -0.2) is 63.7 Å². The minimum atomic E-state index is -8.64. The average molecular weight is 623 g/mol. The lowest BCUT2D eigenvalue weighted by molar-refractivity contribution is -0.443. The highest BCUT2D eigenvalue weighted by Gasteiger charge is 2.94. The second-order valence-electron chi connectivity index (χ2n) is 7.25. The van der Waals surface area contributed by atoms with Crippen molar-refractivity contribution in [1.82, 2.24) is 4.98 Å². The maximum Gasteiger partial charge on any atom is 0.393 e. The van der Waals surface area contributed by atoms with Gasteiger partial charge in [-0.2, -0.15) is 61.5 Å². The molecule has 0 atom stereocenters. The first-order chi connectivity index (χ1) is 17.2. The van der Waals surface area contributed by atoms with Crippen molar-refractivity contribution in [2.75, 3.05) is 5.32 Å². The topological polar surface area (TPSA) is 85.1 Å². The van der Waals surface area contributed by atoms with E-state index in [4.69, 9.17) is 0 Å². The Balaban J connectivity index is 2.50. The number of nitro benzene ring substituents is 1. The number of anilines is 1. The number of non-ortho nitro benzene ring substituents is 1. The van der Waals surface area contributed by atoms with Crippen LogP contribution < -0.4 is 5.32 Å². The van der Waals surface area contributed by atoms with E-state index in [1.165, 1.54) is 0 Å². The molecule has 0 saturated carbocycles. The van der Waals surface area contributed by atoms with Gasteiger partial charge in [0, 0.05) is 12.1 Å². The van der Waals surface area contributed by atoms with Gasteiger partial charge < -0.3 is 0 Å². The summed E-state index contributed by atoms with van der Waals surface area (Å²) in [5.41, 5.74) is -1.05. The maximum absolute atomic E-state index is 14.0. The molecule has 0 saturated heterocycles. The van der Waals surface area contributed by atoms with Gasteiger partial charge in [0.05, 0.1) is 15.1 Å². The van der Waals surface area contributed by atoms with Crippen LogP contribution in [-0.2, 0) is 4.79 Å². The summed E-state index contributed by atoms with van der Waals surface area (Å²) in [7, 11) is 0. The summed E-state index contributed by atoms with van der Waals surface area (Å²) in [4.78, 5) is 24.5. The summed E-state index contributed by atoms with van der Waals surface area (Å²) in [5, 5.41) is 10.1. The van der Waals surface area contributed by atoms with Crippen LogP contribution in [0.5, 0.6) is 0 Å². The molecule has 1 aromatic carbocycles. The molecule has 0 spiro atoms. The van der Waals surface area contributed by atoms with Gasteiger partial charge in [-0.1, -0.05) is 11.3 Å². The Kier molecular flexibility index (Phi) is 7.58. The van der Waals surface area contributed by atoms with Crippen molar-refractivity contribution < 1.29 is 80.0 Å². The number of halogens is 16. The molecule has 6 nitrogen and oxygen atoms in total. The quantitative estimate of drug-likeness (QED) is 0.178. The second kappa shape index (κ2) is 9.21. The van der Waals surface area contributed by atoms with Gasteiger partial charge in [-0.15, -0.1) is 0 Å². The Bertz CT molecular complexity index is 1280. The molecule has 1 amide bonds. The van der Waals surface area contributed by atoms with Gasteiger partial charge in [0.2, 0.25) is 0 Å². The second-order valence-corrected chi connectivity index (χ2v) is 8.28. The number of fused-ring (bicyclic) bond motifs is 1. The van der Waals surface area contributed by atoms with Crippen LogP contribution in [0.3, 0.4) is 0 Å². The normalized spacial score (nSPS) is 14.7. The SMILES string of the molecule is O=C(Nc1nc2ccc([N+](=O)[O-])cc2s1)C(F)(F)C(F)(F)C(F)(F)C(F)(F)C(F)(F)C(F)(F)C(F)(F)C(F)F. The number of nitro groups is 1. The number of carbonyl (C=O) groups excluding carboxylic acids is 1. The molecule has 0 aliphatic heterocycles. The van der Waals surface area contributed by atoms with Gasteiger partial charge in [-0.05, 0) is 6.07 Å². The third-order valence-corrected chi connectivity index (χ3v) is 5.69. The molecule has 0 aliphatic rings. The summed E-state index contributed by atoms with van der Waals surface area (Å²) in [6.45, 7) is 0. The van der Waals surface area contributed by atoms with Gasteiger partial charge in [-0.3, -0.25) is 20.2 Å². The molecular weight excluding hydrogens is 618 g/mol. The number of thiazole rings is 1. The van der Waals surface area contributed by atoms with Gasteiger partial charge in [-0.25, -0.2) is 13.8 Å². The molecule has 0 unspecified atom stereocenters. The standard InChI is InChI=1S/C16H5F16N3O3S/c17-7(18)10(19,20)12(23,24)14(27,28)16(31,32)15(29,30)13(25,26)11(21,22)8(36)34-9-33-5-2-1-4(35(37)38)3-6(5)39-9/h1-3,7H,(H,33,34,36). The minimum absolute atomic E-state index is 0.0249. The number of amides is 1. The molecular formula is C16H5F16N3O3S. The van der Waals surface area contributed by atoms with Gasteiger partial charge in [0.25, 0.3) is 5.69 Å². The fraction of sp³-hybridized carbons (Fsp3) is 0.500. The first-order valence-corrected chi connectivity index (χ1v) is 9.82. The lowest BCUT2D eigenvalue weighted by Crippen LogP contribution is -2.74. The van der Waals surface area contributed by atoms with Crippen molar-refractivity contribution in [2.24, 2.45) is 0 Å². The zero-order valence-corrected chi connectivity index (χ0v) is 18.2. The van der Waals surface area contributed by atoms with E-state index in [2.05, 4.69) is 4.98 Å². The summed E-state index contributed by atoms with van der Waals surface area (Å²) in [5.74, 6) is -60.5. The predicted molar refractivity (Wildman–Crippen MR) is 95.5 cm³/mol. The van der Waals surface area contributed by atoms with Gasteiger partial charge in [0.1, 0.15) is 0 Å². The zero-order valence-electron chi connectivity index (χ0n) is 17.4. The van der Waals surface area contributed by atoms with Crippen molar-refractivity contribution in [3.63, 3.8) is 0 Å². The summed E-state index contributed by atoms with van der Waals surface area (Å²) >= 11 is -0.0249. The number of hydrogen-bond acceptors (Lipinski definition) is 5. The van der Waals surface area contributed by atoms with Crippen molar-refractivity contribution in [1.29, 1.82) is 0 Å². The summed E-state index contributed by atoms with van der Waals surface area (Å²) in [6.07, 6.45) is -5.97. The Morgan fingerprint density at radius 2 is 1.28 bits per heavy atom. The van der Waals surface area contributed by atoms with Crippen LogP contribution >= 0.6 is 11.3 Å². The smallest absolute Gasteiger partial charge is 0.296 e. The molecule has 0 bridgehead atoms. The number of carbonyl (C=O) groups is 1. The Morgan fingerprint density at radius 1 is 0.821 bits per heavy atom. The molecule has 220 valence electrons. The Hall–Kier alpha value is -3.14. The molecule has 2 aromatic rings. The zero-order chi connectivity index (χ0) is 30.8. The number of benzene rings is 1. The lowest BCUT2D eigenvalue weighted by Gasteiger charge is -2.42. The van der Waals surface area contributed by atoms with E-state index in [1.807, 2.05) is 0 Å². The minimum Gasteiger partial charge on any atom is -0.296 e. The van der Waals surface area contributed by atoms with Crippen LogP contribution in [0.2, 0.25) is 0 Å². The molecule has 2 rings (SSSR count). The van der Waals surface area contributed by atoms with E-state index >= 15 is 0 Å². The van der Waals surface area contributed by atoms with E-state index in [9.17, 15) is 85.2 Å². The predicted octanol–water partition coefficient (Wildman–Crippen LogP) is 6.86. The third-order valence-electron chi connectivity index (χ3n) is 4.75. The maximum atomic E-state index is 14.0. The molecule has 0 radical (unpaired) electrons. The van der Waals surface area contributed by atoms with Crippen LogP contribution in [0.1, 0.15) is 0 Å². The number of rotatable bonds is 10. The van der Waals surface area contributed by atoms with E-state index in [0.29, 0.717) is 11.4 Å². The van der Waals surface area contributed by atoms with E-state index < -0.39 is 69.5 Å². The van der Waals surface area contributed by atoms with Crippen molar-refractivity contribution in [2.45, 2.75) is 47.9 Å². The molecule has 1 aromatic heterocycles. The van der Waals surface area contributed by atoms with E-state index in [-0.39, 0.29) is 21.6 Å². The summed E-state index contributed by atoms with van der Waals surface area (Å²) in [6, 6.07) is 2.24. The van der Waals surface area contributed by atoms with Crippen molar-refractivity contribution >= 4 is 38.3 Å². The van der Waals surface area contributed by atoms with Gasteiger partial charge >= 0.3 is 53.8 Å². The average Bonchev–Trinajstić information content (AvgIpc) is 3.19. The highest BCUT2D eigenvalue weighted by molar-refractivity contribution is 7.22. The number of nitrogens with zero attached hydrogens (tertiary/aromatic N) is 2. The first kappa shape index (κ1) is 32.1. The van der Waals surface area contributed by atoms with Crippen LogP contribution in [0.15, 0.2) is 18.2 Å². The molecule has 1 heterocycles. The van der Waals surface area contributed by atoms with Crippen LogP contribution in [0, 0.1) is 10.1 Å². The Labute approximate surface area is 205 Å². The highest BCUT2D eigenvalue weighted by atomic mass is 32.1. The van der Waals surface area contributed by atoms with Crippen LogP contribution in [0.25, 0.3) is 10.2 Å². The Morgan fingerprint density at radius 3 is 1.74 bits per heavy atom. The number of alkyl halides is 16. The lowest BCUT2D eigenvalue weighted by atomic mass is 9.89. The fourth-order valence-corrected chi connectivity index (χ4v) is 3.43. The summed E-state index contributed by atoms with van der Waals surface area (Å²) < 4.78 is 213. The van der Waals surface area contributed by atoms with E-state index in [1.54, 1.807) is 0 Å². The van der Waals surface area contributed by atoms with Crippen molar-refractivity contribution in [3.05, 3.63) is 28.3 Å². The van der Waals surface area contributed by atoms with Gasteiger partial charge in [0.15, 0.2) is 5.13 Å².